The minimum atomic E-state index is -0.918. The van der Waals surface area contributed by atoms with E-state index in [1.165, 1.54) is 30.3 Å². The second kappa shape index (κ2) is 32.7. The van der Waals surface area contributed by atoms with Crippen LogP contribution in [0.3, 0.4) is 0 Å². The van der Waals surface area contributed by atoms with E-state index in [2.05, 4.69) is 40.0 Å². The fourth-order valence-electron chi connectivity index (χ4n) is 8.84. The van der Waals surface area contributed by atoms with Crippen molar-refractivity contribution in [2.24, 2.45) is 29.6 Å². The molecule has 5 aliphatic rings. The molecule has 5 saturated carbocycles. The Hall–Kier alpha value is -5.21. The van der Waals surface area contributed by atoms with Crippen molar-refractivity contribution in [3.05, 3.63) is 177 Å². The summed E-state index contributed by atoms with van der Waals surface area (Å²) in [5.74, 6) is -12.1. The standard InChI is InChI=1S/4C12H12F2O2.C10H8F2O2.CH4.2HI.V/c4*1-2-16-12(15)9-6-8(9)7-3-4-10(13)11(14)5-7;11-8-2-1-5(3-9(8)12)6-4-7(6)10(13)14;;;;/h4*3-5,8-9H,2,6H2,1H3;1-3,6-7H,4H2,(H,13,14);1H4;2*1H;/q;;;;;;;;+2/p-2/t8-,9+;2*8-,9-;;6-,7+;;;;/m110.0..../s1. The van der Waals surface area contributed by atoms with Crippen molar-refractivity contribution in [3.63, 3.8) is 0 Å². The summed E-state index contributed by atoms with van der Waals surface area (Å²) < 4.78 is 147. The number of rotatable bonds is 14. The van der Waals surface area contributed by atoms with E-state index in [1.807, 2.05) is 0 Å². The number of carboxylic acids is 1. The van der Waals surface area contributed by atoms with Crippen molar-refractivity contribution in [2.45, 2.75) is 96.8 Å². The van der Waals surface area contributed by atoms with Gasteiger partial charge in [-0.1, -0.05) is 37.8 Å². The van der Waals surface area contributed by atoms with Gasteiger partial charge in [-0.05, 0) is 178 Å². The van der Waals surface area contributed by atoms with Gasteiger partial charge in [0.2, 0.25) is 0 Å². The van der Waals surface area contributed by atoms with Crippen LogP contribution >= 0.6 is 40.0 Å². The fourth-order valence-corrected chi connectivity index (χ4v) is 8.84. The van der Waals surface area contributed by atoms with Crippen molar-refractivity contribution >= 4 is 69.8 Å². The third-order valence-corrected chi connectivity index (χ3v) is 13.5. The van der Waals surface area contributed by atoms with Gasteiger partial charge in [-0.2, -0.15) is 0 Å². The van der Waals surface area contributed by atoms with E-state index >= 15 is 0 Å². The van der Waals surface area contributed by atoms with Crippen LogP contribution in [-0.4, -0.2) is 61.4 Å². The first-order chi connectivity index (χ1) is 38.5. The topological polar surface area (TPSA) is 142 Å². The molecule has 10 atom stereocenters. The molecule has 0 aromatic heterocycles. The zero-order chi connectivity index (χ0) is 59.8. The van der Waals surface area contributed by atoms with Crippen molar-refractivity contribution in [1.29, 1.82) is 0 Å². The molecule has 5 aliphatic carbocycles. The molecule has 1 N–H and O–H groups in total. The molecule has 10 nitrogen and oxygen atoms in total. The van der Waals surface area contributed by atoms with E-state index in [0.717, 1.165) is 60.7 Å². The number of carbonyl (C=O) groups is 5. The molecule has 2 unspecified atom stereocenters. The van der Waals surface area contributed by atoms with E-state index < -0.39 is 70.1 Å². The van der Waals surface area contributed by atoms with Gasteiger partial charge in [-0.3, -0.25) is 24.0 Å². The van der Waals surface area contributed by atoms with E-state index in [9.17, 15) is 67.9 Å². The third-order valence-electron chi connectivity index (χ3n) is 13.5. The number of benzene rings is 5. The van der Waals surface area contributed by atoms with Crippen LogP contribution in [0.4, 0.5) is 43.9 Å². The molecule has 445 valence electrons. The summed E-state index contributed by atoms with van der Waals surface area (Å²) in [5.41, 5.74) is 3.22. The summed E-state index contributed by atoms with van der Waals surface area (Å²) >= 11 is 4.74. The van der Waals surface area contributed by atoms with Crippen molar-refractivity contribution in [1.82, 2.24) is 0 Å². The normalized spacial score (nSPS) is 22.3. The maximum absolute atomic E-state index is 13.0. The van der Waals surface area contributed by atoms with Gasteiger partial charge in [0.15, 0.2) is 58.2 Å². The van der Waals surface area contributed by atoms with Crippen LogP contribution in [0.5, 0.6) is 0 Å². The summed E-state index contributed by atoms with van der Waals surface area (Å²) in [6.45, 7) is 8.36. The van der Waals surface area contributed by atoms with E-state index in [1.54, 1.807) is 27.7 Å². The molecule has 0 heterocycles. The van der Waals surface area contributed by atoms with Crippen LogP contribution in [0, 0.1) is 87.8 Å². The second-order valence-corrected chi connectivity index (χ2v) is 30.8. The van der Waals surface area contributed by atoms with Crippen LogP contribution < -0.4 is 0 Å². The summed E-state index contributed by atoms with van der Waals surface area (Å²) in [4.78, 5) is 55.9. The Morgan fingerprint density at radius 1 is 0.378 bits per heavy atom. The van der Waals surface area contributed by atoms with Gasteiger partial charge in [0, 0.05) is 0 Å². The molecule has 5 aromatic carbocycles. The average molecular weight is 1420 g/mol. The van der Waals surface area contributed by atoms with Crippen LogP contribution in [0.1, 0.15) is 125 Å². The predicted molar refractivity (Wildman–Crippen MR) is 295 cm³/mol. The van der Waals surface area contributed by atoms with Crippen LogP contribution in [-0.2, 0) is 52.4 Å². The second-order valence-electron chi connectivity index (χ2n) is 19.0. The van der Waals surface area contributed by atoms with Gasteiger partial charge in [0.25, 0.3) is 0 Å². The molecule has 23 heteroatoms. The zero-order valence-corrected chi connectivity index (χ0v) is 49.6. The molecule has 0 spiro atoms. The monoisotopic (exact) mass is 1420 g/mol. The molecule has 10 rings (SSSR count). The Balaban J connectivity index is 0.000000217. The number of aliphatic carboxylic acids is 1. The Morgan fingerprint density at radius 2 is 0.549 bits per heavy atom. The minimum absolute atomic E-state index is 0. The summed E-state index contributed by atoms with van der Waals surface area (Å²) in [5, 5.41) is 8.64. The molecule has 82 heavy (non-hydrogen) atoms. The van der Waals surface area contributed by atoms with Crippen molar-refractivity contribution in [3.8, 4) is 0 Å². The van der Waals surface area contributed by atoms with E-state index in [-0.39, 0.29) is 84.6 Å². The molecule has 0 amide bonds. The first kappa shape index (κ1) is 69.3. The Morgan fingerprint density at radius 3 is 0.695 bits per heavy atom. The molecule has 5 aromatic rings. The number of halogens is 12. The summed E-state index contributed by atoms with van der Waals surface area (Å²) in [6.07, 6.45) is 3.14. The summed E-state index contributed by atoms with van der Waals surface area (Å²) in [7, 11) is 0.628. The Labute approximate surface area is 497 Å². The number of hydrogen-bond donors (Lipinski definition) is 1. The SMILES string of the molecule is C.CCOC(=O)C1CC1c1ccc(F)c(F)c1.CCOC(=O)[C@@H]1C[C@@H]1c1ccc(F)c(F)c1.CCOC(=O)[C@H]1C[C@@H]1c1ccc(F)c(F)c1.CCOC(=O)[C@H]1C[C@H]1c1ccc(F)c(F)c1.O=C(O)[C@@H]1C[C@H]1c1ccc(F)c(F)c1.[I][V][I]. The zero-order valence-electron chi connectivity index (χ0n) is 43.9. The van der Waals surface area contributed by atoms with Crippen LogP contribution in [0.25, 0.3) is 0 Å². The molecular formula is C59H60F10I2O10V. The van der Waals surface area contributed by atoms with Gasteiger partial charge in [0.05, 0.1) is 56.0 Å². The van der Waals surface area contributed by atoms with Crippen LogP contribution in [0.15, 0.2) is 91.0 Å². The summed E-state index contributed by atoms with van der Waals surface area (Å²) in [6, 6.07) is 18.6. The first-order valence-corrected chi connectivity index (χ1v) is 34.6. The van der Waals surface area contributed by atoms with Gasteiger partial charge in [0.1, 0.15) is 0 Å². The Kier molecular flexibility index (Phi) is 27.7. The van der Waals surface area contributed by atoms with Gasteiger partial charge >= 0.3 is 79.3 Å². The fraction of sp³-hybridized carbons (Fsp3) is 0.407. The third kappa shape index (κ3) is 20.3. The quantitative estimate of drug-likeness (QED) is 0.0494. The Bertz CT molecular complexity index is 2700. The van der Waals surface area contributed by atoms with Crippen molar-refractivity contribution in [2.75, 3.05) is 26.4 Å². The van der Waals surface area contributed by atoms with Crippen LogP contribution in [0.2, 0.25) is 0 Å². The van der Waals surface area contributed by atoms with Gasteiger partial charge in [-0.15, -0.1) is 0 Å². The van der Waals surface area contributed by atoms with E-state index in [4.69, 9.17) is 24.1 Å². The number of carboxylic acid groups (broad SMARTS) is 1. The van der Waals surface area contributed by atoms with Crippen molar-refractivity contribution < 1.29 is 101 Å². The van der Waals surface area contributed by atoms with Gasteiger partial charge < -0.3 is 24.1 Å². The molecule has 0 bridgehead atoms. The first-order valence-electron chi connectivity index (χ1n) is 25.6. The molecule has 0 saturated heterocycles. The number of esters is 4. The average Bonchev–Trinajstić information content (AvgIpc) is 4.39. The molecule has 0 radical (unpaired) electrons. The number of hydrogen-bond acceptors (Lipinski definition) is 9. The number of ether oxygens (including phenoxy) is 4. The van der Waals surface area contributed by atoms with Gasteiger partial charge in [-0.25, -0.2) is 43.9 Å². The molecule has 5 fully saturated rings. The molecule has 0 aliphatic heterocycles. The van der Waals surface area contributed by atoms with E-state index in [0.29, 0.717) is 95.8 Å². The maximum atomic E-state index is 13.0. The predicted octanol–water partition coefficient (Wildman–Crippen LogP) is 15.1. The number of carbonyl (C=O) groups excluding carboxylic acids is 4. The molecular weight excluding hydrogens is 1360 g/mol.